The van der Waals surface area contributed by atoms with Crippen LogP contribution in [0.5, 0.6) is 0 Å². The van der Waals surface area contributed by atoms with Crippen LogP contribution in [0, 0.1) is 0 Å². The van der Waals surface area contributed by atoms with Crippen molar-refractivity contribution in [1.29, 1.82) is 0 Å². The zero-order valence-corrected chi connectivity index (χ0v) is 16.8. The molecule has 0 atom stereocenters. The van der Waals surface area contributed by atoms with Gasteiger partial charge in [-0.2, -0.15) is 0 Å². The van der Waals surface area contributed by atoms with Gasteiger partial charge in [-0.25, -0.2) is 5.01 Å². The molecule has 0 aromatic rings. The third kappa shape index (κ3) is 4.61. The van der Waals surface area contributed by atoms with Crippen LogP contribution in [0.4, 0.5) is 0 Å². The summed E-state index contributed by atoms with van der Waals surface area (Å²) in [6.07, 6.45) is 18.8. The quantitative estimate of drug-likeness (QED) is 0.433. The van der Waals surface area contributed by atoms with Crippen LogP contribution in [0.2, 0.25) is 0 Å². The minimum absolute atomic E-state index is 0.850. The van der Waals surface area contributed by atoms with Crippen LogP contribution in [0.15, 0.2) is 87.9 Å². The van der Waals surface area contributed by atoms with E-state index in [0.29, 0.717) is 0 Å². The topological polar surface area (TPSA) is 18.8 Å². The molecule has 0 fully saturated rings. The molecular weight excluding hydrogens is 318 g/mol. The monoisotopic (exact) mass is 349 g/mol. The second-order valence-electron chi connectivity index (χ2n) is 6.60. The molecule has 26 heavy (non-hydrogen) atoms. The Bertz CT molecular complexity index is 754. The lowest BCUT2D eigenvalue weighted by molar-refractivity contribution is 0.130. The van der Waals surface area contributed by atoms with E-state index in [9.17, 15) is 0 Å². The Morgan fingerprint density at radius 3 is 2.65 bits per heavy atom. The van der Waals surface area contributed by atoms with E-state index in [2.05, 4.69) is 79.9 Å². The molecule has 3 heteroatoms. The number of hydrogen-bond acceptors (Lipinski definition) is 3. The van der Waals surface area contributed by atoms with Crippen LogP contribution in [0.1, 0.15) is 40.5 Å². The van der Waals surface area contributed by atoms with Crippen molar-refractivity contribution in [2.45, 2.75) is 40.5 Å². The smallest absolute Gasteiger partial charge is 0.0625 e. The highest BCUT2D eigenvalue weighted by Crippen LogP contribution is 2.33. The average Bonchev–Trinajstić information content (AvgIpc) is 2.98. The largest absolute Gasteiger partial charge is 0.281 e. The molecule has 2 aliphatic heterocycles. The number of nitrogens with zero attached hydrogens (tertiary/aromatic N) is 3. The third-order valence-electron chi connectivity index (χ3n) is 4.77. The summed E-state index contributed by atoms with van der Waals surface area (Å²) >= 11 is 0. The lowest BCUT2D eigenvalue weighted by Gasteiger charge is -2.28. The molecule has 3 nitrogen and oxygen atoms in total. The summed E-state index contributed by atoms with van der Waals surface area (Å²) in [4.78, 5) is 4.14. The molecule has 0 amide bonds. The van der Waals surface area contributed by atoms with Crippen molar-refractivity contribution in [2.24, 2.45) is 4.99 Å². The zero-order chi connectivity index (χ0) is 19.1. The third-order valence-corrected chi connectivity index (χ3v) is 4.77. The molecule has 0 unspecified atom stereocenters. The molecule has 0 radical (unpaired) electrons. The van der Waals surface area contributed by atoms with Gasteiger partial charge in [0.15, 0.2) is 0 Å². The lowest BCUT2D eigenvalue weighted by Crippen LogP contribution is -2.30. The summed E-state index contributed by atoms with van der Waals surface area (Å²) < 4.78 is 0. The van der Waals surface area contributed by atoms with Crippen molar-refractivity contribution in [3.05, 3.63) is 82.9 Å². The number of aliphatic imine (C=N–C) groups is 1. The molecule has 0 spiro atoms. The molecule has 0 N–H and O–H groups in total. The SMILES string of the molecule is C=C(/C=C\N=C/C)C1=C2C=CC(/C(=C/C=C(/C)CC)CC)=CN2N(C)C1. The predicted octanol–water partition coefficient (Wildman–Crippen LogP) is 5.71. The van der Waals surface area contributed by atoms with Gasteiger partial charge in [-0.05, 0) is 61.1 Å². The van der Waals surface area contributed by atoms with Crippen molar-refractivity contribution in [1.82, 2.24) is 10.0 Å². The number of likely N-dealkylation sites (N-methyl/N-ethyl adjacent to an activating group) is 1. The molecule has 0 saturated carbocycles. The normalized spacial score (nSPS) is 19.1. The summed E-state index contributed by atoms with van der Waals surface area (Å²) in [7, 11) is 2.11. The zero-order valence-electron chi connectivity index (χ0n) is 16.8. The molecule has 0 aliphatic carbocycles. The Hall–Kier alpha value is -2.39. The van der Waals surface area contributed by atoms with Crippen LogP contribution in [0.25, 0.3) is 0 Å². The number of hydrazine groups is 1. The molecule has 0 aromatic carbocycles. The predicted molar refractivity (Wildman–Crippen MR) is 114 cm³/mol. The molecular formula is C23H31N3. The molecule has 138 valence electrons. The number of allylic oxidation sites excluding steroid dienone is 8. The molecule has 0 saturated heterocycles. The van der Waals surface area contributed by atoms with E-state index < -0.39 is 0 Å². The van der Waals surface area contributed by atoms with Gasteiger partial charge in [0.2, 0.25) is 0 Å². The van der Waals surface area contributed by atoms with E-state index in [1.54, 1.807) is 12.4 Å². The van der Waals surface area contributed by atoms with E-state index >= 15 is 0 Å². The van der Waals surface area contributed by atoms with Gasteiger partial charge in [-0.1, -0.05) is 44.2 Å². The molecule has 2 heterocycles. The van der Waals surface area contributed by atoms with Crippen molar-refractivity contribution >= 4 is 6.21 Å². The van der Waals surface area contributed by atoms with Gasteiger partial charge >= 0.3 is 0 Å². The summed E-state index contributed by atoms with van der Waals surface area (Å²) in [6, 6.07) is 0. The standard InChI is InChI=1S/C23H31N3/c1-7-18(4)10-11-20(8-2)21-12-13-23-22(17-25(6)26(23)16-21)19(5)14-15-24-9-3/h9-16H,5,7-8,17H2,1-4,6H3/b15-14-,18-10-,20-11+,24-9-. The highest BCUT2D eigenvalue weighted by atomic mass is 15.6. The minimum Gasteiger partial charge on any atom is -0.281 e. The van der Waals surface area contributed by atoms with Gasteiger partial charge in [0.05, 0.1) is 5.70 Å². The fourth-order valence-corrected chi connectivity index (χ4v) is 2.95. The van der Waals surface area contributed by atoms with Crippen LogP contribution in [0.3, 0.4) is 0 Å². The number of fused-ring (bicyclic) bond motifs is 1. The lowest BCUT2D eigenvalue weighted by atomic mass is 9.99. The van der Waals surface area contributed by atoms with Crippen molar-refractivity contribution in [3.8, 4) is 0 Å². The Labute approximate surface area is 158 Å². The van der Waals surface area contributed by atoms with Crippen LogP contribution >= 0.6 is 0 Å². The van der Waals surface area contributed by atoms with Gasteiger partial charge in [0.25, 0.3) is 0 Å². The molecule has 2 rings (SSSR count). The Kier molecular flexibility index (Phi) is 7.16. The summed E-state index contributed by atoms with van der Waals surface area (Å²) in [6.45, 7) is 13.6. The number of hydrogen-bond donors (Lipinski definition) is 0. The molecule has 0 bridgehead atoms. The minimum atomic E-state index is 0.850. The van der Waals surface area contributed by atoms with Crippen LogP contribution in [-0.2, 0) is 0 Å². The maximum atomic E-state index is 4.22. The Morgan fingerprint density at radius 2 is 2.00 bits per heavy atom. The fourth-order valence-electron chi connectivity index (χ4n) is 2.95. The number of rotatable bonds is 7. The van der Waals surface area contributed by atoms with Crippen molar-refractivity contribution in [3.63, 3.8) is 0 Å². The average molecular weight is 350 g/mol. The maximum absolute atomic E-state index is 4.22. The van der Waals surface area contributed by atoms with E-state index in [1.807, 2.05) is 13.0 Å². The van der Waals surface area contributed by atoms with E-state index in [1.165, 1.54) is 28.0 Å². The fraction of sp³-hybridized carbons (Fsp3) is 0.348. The van der Waals surface area contributed by atoms with Gasteiger partial charge in [0, 0.05) is 32.2 Å². The van der Waals surface area contributed by atoms with Gasteiger partial charge in [0.1, 0.15) is 0 Å². The van der Waals surface area contributed by atoms with Gasteiger partial charge in [-0.15, -0.1) is 0 Å². The van der Waals surface area contributed by atoms with Gasteiger partial charge in [-0.3, -0.25) is 10.0 Å². The Morgan fingerprint density at radius 1 is 1.23 bits per heavy atom. The van der Waals surface area contributed by atoms with E-state index in [4.69, 9.17) is 0 Å². The second-order valence-corrected chi connectivity index (χ2v) is 6.60. The second kappa shape index (κ2) is 9.35. The van der Waals surface area contributed by atoms with Crippen LogP contribution in [-0.4, -0.2) is 29.8 Å². The van der Waals surface area contributed by atoms with E-state index in [0.717, 1.165) is 25.0 Å². The maximum Gasteiger partial charge on any atom is 0.0625 e. The molecule has 2 aliphatic rings. The first-order valence-corrected chi connectivity index (χ1v) is 9.35. The van der Waals surface area contributed by atoms with E-state index in [-0.39, 0.29) is 0 Å². The highest BCUT2D eigenvalue weighted by Gasteiger charge is 2.27. The highest BCUT2D eigenvalue weighted by molar-refractivity contribution is 5.56. The first-order chi connectivity index (χ1) is 12.5. The Balaban J connectivity index is 2.30. The van der Waals surface area contributed by atoms with Crippen molar-refractivity contribution < 1.29 is 0 Å². The first-order valence-electron chi connectivity index (χ1n) is 9.35. The van der Waals surface area contributed by atoms with Gasteiger partial charge < -0.3 is 0 Å². The first kappa shape index (κ1) is 19.9. The van der Waals surface area contributed by atoms with Crippen LogP contribution < -0.4 is 0 Å². The molecule has 0 aromatic heterocycles. The summed E-state index contributed by atoms with van der Waals surface area (Å²) in [5.74, 6) is 0. The summed E-state index contributed by atoms with van der Waals surface area (Å²) in [5.41, 5.74) is 7.46. The summed E-state index contributed by atoms with van der Waals surface area (Å²) in [5, 5.41) is 4.45. The van der Waals surface area contributed by atoms with Crippen molar-refractivity contribution in [2.75, 3.05) is 13.6 Å².